The smallest absolute Gasteiger partial charge is 0.252 e. The summed E-state index contributed by atoms with van der Waals surface area (Å²) in [6, 6.07) is 3.12. The highest BCUT2D eigenvalue weighted by Gasteiger charge is 2.27. The fraction of sp³-hybridized carbons (Fsp3) is 0.400. The molecule has 0 amide bonds. The van der Waals surface area contributed by atoms with Crippen LogP contribution in [0.4, 0.5) is 14.5 Å². The summed E-state index contributed by atoms with van der Waals surface area (Å²) >= 11 is 0. The molecule has 1 aromatic carbocycles. The minimum atomic E-state index is -4.28. The van der Waals surface area contributed by atoms with E-state index in [1.807, 2.05) is 0 Å². The number of anilines is 1. The van der Waals surface area contributed by atoms with Crippen LogP contribution in [-0.4, -0.2) is 47.4 Å². The van der Waals surface area contributed by atoms with Crippen molar-refractivity contribution in [2.24, 2.45) is 0 Å². The molecule has 0 atom stereocenters. The first-order valence-corrected chi connectivity index (χ1v) is 8.63. The van der Waals surface area contributed by atoms with Gasteiger partial charge in [0.25, 0.3) is 6.43 Å². The summed E-state index contributed by atoms with van der Waals surface area (Å²) in [5.74, 6) is 0. The number of hydrogen-bond acceptors (Lipinski definition) is 5. The summed E-state index contributed by atoms with van der Waals surface area (Å²) in [6.07, 6.45) is -1.95. The number of sulfone groups is 1. The first kappa shape index (κ1) is 16.8. The summed E-state index contributed by atoms with van der Waals surface area (Å²) in [7, 11) is -6.96. The van der Waals surface area contributed by atoms with Crippen LogP contribution in [0.3, 0.4) is 0 Å². The lowest BCUT2D eigenvalue weighted by atomic mass is 10.3. The van der Waals surface area contributed by atoms with Crippen molar-refractivity contribution in [2.75, 3.05) is 25.6 Å². The molecule has 0 saturated heterocycles. The van der Waals surface area contributed by atoms with E-state index in [4.69, 9.17) is 5.73 Å². The molecule has 1 rings (SSSR count). The third-order valence-electron chi connectivity index (χ3n) is 2.50. The topological polar surface area (TPSA) is 97.5 Å². The van der Waals surface area contributed by atoms with E-state index < -0.39 is 37.7 Å². The third kappa shape index (κ3) is 3.64. The first-order valence-electron chi connectivity index (χ1n) is 5.30. The maximum Gasteiger partial charge on any atom is 0.252 e. The Hall–Kier alpha value is -1.26. The van der Waals surface area contributed by atoms with Crippen molar-refractivity contribution in [3.05, 3.63) is 18.2 Å². The lowest BCUT2D eigenvalue weighted by molar-refractivity contribution is 0.126. The zero-order valence-electron chi connectivity index (χ0n) is 10.7. The van der Waals surface area contributed by atoms with Gasteiger partial charge in [-0.05, 0) is 18.2 Å². The molecular formula is C10H14F2N2O4S2. The van der Waals surface area contributed by atoms with Gasteiger partial charge >= 0.3 is 0 Å². The molecule has 0 radical (unpaired) electrons. The van der Waals surface area contributed by atoms with E-state index in [1.54, 1.807) is 0 Å². The van der Waals surface area contributed by atoms with Gasteiger partial charge < -0.3 is 5.73 Å². The molecule has 0 aliphatic carbocycles. The fourth-order valence-electron chi connectivity index (χ4n) is 1.43. The molecule has 0 spiro atoms. The van der Waals surface area contributed by atoms with E-state index in [1.165, 1.54) is 0 Å². The van der Waals surface area contributed by atoms with E-state index in [0.717, 1.165) is 31.5 Å². The zero-order chi connectivity index (χ0) is 15.7. The van der Waals surface area contributed by atoms with Gasteiger partial charge in [0.15, 0.2) is 9.84 Å². The molecule has 6 nitrogen and oxygen atoms in total. The van der Waals surface area contributed by atoms with Crippen LogP contribution in [0.25, 0.3) is 0 Å². The number of nitrogens with two attached hydrogens (primary N) is 1. The van der Waals surface area contributed by atoms with E-state index >= 15 is 0 Å². The molecular weight excluding hydrogens is 314 g/mol. The van der Waals surface area contributed by atoms with Gasteiger partial charge in [-0.25, -0.2) is 25.6 Å². The van der Waals surface area contributed by atoms with Crippen LogP contribution in [0.5, 0.6) is 0 Å². The molecule has 0 bridgehead atoms. The molecule has 2 N–H and O–H groups in total. The van der Waals surface area contributed by atoms with Crippen molar-refractivity contribution in [3.8, 4) is 0 Å². The average Bonchev–Trinajstić information content (AvgIpc) is 2.26. The zero-order valence-corrected chi connectivity index (χ0v) is 12.4. The molecule has 20 heavy (non-hydrogen) atoms. The highest BCUT2D eigenvalue weighted by Crippen LogP contribution is 2.25. The van der Waals surface area contributed by atoms with Crippen molar-refractivity contribution < 1.29 is 25.6 Å². The number of alkyl halides is 2. The molecule has 1 aromatic rings. The maximum absolute atomic E-state index is 12.3. The summed E-state index contributed by atoms with van der Waals surface area (Å²) in [4.78, 5) is -0.765. The van der Waals surface area contributed by atoms with Crippen LogP contribution in [0.2, 0.25) is 0 Å². The van der Waals surface area contributed by atoms with E-state index in [0.29, 0.717) is 4.31 Å². The summed E-state index contributed by atoms with van der Waals surface area (Å²) in [5, 5.41) is 0. The second kappa shape index (κ2) is 5.62. The van der Waals surface area contributed by atoms with Crippen LogP contribution < -0.4 is 5.73 Å². The Morgan fingerprint density at radius 3 is 2.25 bits per heavy atom. The maximum atomic E-state index is 12.3. The van der Waals surface area contributed by atoms with Crippen LogP contribution in [-0.2, 0) is 19.9 Å². The Morgan fingerprint density at radius 2 is 1.80 bits per heavy atom. The SMILES string of the molecule is CN(CC(F)F)S(=O)(=O)c1cc(S(C)(=O)=O)ccc1N. The quantitative estimate of drug-likeness (QED) is 0.796. The van der Waals surface area contributed by atoms with Crippen molar-refractivity contribution >= 4 is 25.5 Å². The lowest BCUT2D eigenvalue weighted by Crippen LogP contribution is -2.32. The number of benzene rings is 1. The van der Waals surface area contributed by atoms with Crippen LogP contribution in [0.1, 0.15) is 0 Å². The van der Waals surface area contributed by atoms with Crippen molar-refractivity contribution in [2.45, 2.75) is 16.2 Å². The number of nitrogens with zero attached hydrogens (tertiary/aromatic N) is 1. The average molecular weight is 328 g/mol. The fourth-order valence-corrected chi connectivity index (χ4v) is 3.44. The van der Waals surface area contributed by atoms with Crippen molar-refractivity contribution in [1.82, 2.24) is 4.31 Å². The molecule has 114 valence electrons. The molecule has 0 heterocycles. The third-order valence-corrected chi connectivity index (χ3v) is 5.49. The Kier molecular flexibility index (Phi) is 4.72. The first-order chi connectivity index (χ1) is 8.96. The van der Waals surface area contributed by atoms with E-state index in [-0.39, 0.29) is 10.6 Å². The lowest BCUT2D eigenvalue weighted by Gasteiger charge is -2.18. The predicted molar refractivity (Wildman–Crippen MR) is 69.8 cm³/mol. The van der Waals surface area contributed by atoms with Crippen LogP contribution in [0.15, 0.2) is 28.0 Å². The number of hydrogen-bond donors (Lipinski definition) is 1. The van der Waals surface area contributed by atoms with Gasteiger partial charge in [-0.15, -0.1) is 0 Å². The van der Waals surface area contributed by atoms with Gasteiger partial charge in [0.05, 0.1) is 17.1 Å². The largest absolute Gasteiger partial charge is 0.398 e. The highest BCUT2D eigenvalue weighted by atomic mass is 32.2. The number of halogens is 2. The standard InChI is InChI=1S/C10H14F2N2O4S2/c1-14(6-10(11)12)20(17,18)9-5-7(19(2,15)16)3-4-8(9)13/h3-5,10H,6,13H2,1-2H3. The Morgan fingerprint density at radius 1 is 1.25 bits per heavy atom. The van der Waals surface area contributed by atoms with Crippen molar-refractivity contribution in [1.29, 1.82) is 0 Å². The van der Waals surface area contributed by atoms with E-state index in [9.17, 15) is 25.6 Å². The van der Waals surface area contributed by atoms with Gasteiger partial charge in [-0.3, -0.25) is 0 Å². The number of sulfonamides is 1. The molecule has 0 aliphatic rings. The summed E-state index contributed by atoms with van der Waals surface area (Å²) in [6.45, 7) is -1.01. The van der Waals surface area contributed by atoms with Gasteiger partial charge in [0, 0.05) is 13.3 Å². The second-order valence-corrected chi connectivity index (χ2v) is 8.18. The molecule has 0 unspecified atom stereocenters. The van der Waals surface area contributed by atoms with Gasteiger partial charge in [-0.2, -0.15) is 4.31 Å². The molecule has 10 heteroatoms. The number of nitrogen functional groups attached to an aromatic ring is 1. The predicted octanol–water partition coefficient (Wildman–Crippen LogP) is 0.558. The Labute approximate surface area is 116 Å². The monoisotopic (exact) mass is 328 g/mol. The minimum absolute atomic E-state index is 0.210. The number of rotatable bonds is 5. The Bertz CT molecular complexity index is 702. The summed E-state index contributed by atoms with van der Waals surface area (Å²) < 4.78 is 71.9. The molecule has 0 fully saturated rings. The van der Waals surface area contributed by atoms with Crippen molar-refractivity contribution in [3.63, 3.8) is 0 Å². The van der Waals surface area contributed by atoms with Crippen LogP contribution in [0, 0.1) is 0 Å². The molecule has 0 saturated carbocycles. The molecule has 0 aromatic heterocycles. The summed E-state index contributed by atoms with van der Waals surface area (Å²) in [5.41, 5.74) is 5.29. The van der Waals surface area contributed by atoms with E-state index in [2.05, 4.69) is 0 Å². The van der Waals surface area contributed by atoms with Gasteiger partial charge in [-0.1, -0.05) is 0 Å². The second-order valence-electron chi connectivity index (χ2n) is 4.15. The van der Waals surface area contributed by atoms with Gasteiger partial charge in [0.2, 0.25) is 10.0 Å². The molecule has 0 aliphatic heterocycles. The normalized spacial score (nSPS) is 13.1. The van der Waals surface area contributed by atoms with Gasteiger partial charge in [0.1, 0.15) is 4.90 Å². The van der Waals surface area contributed by atoms with Crippen LogP contribution >= 0.6 is 0 Å². The minimum Gasteiger partial charge on any atom is -0.398 e. The Balaban J connectivity index is 3.38. The highest BCUT2D eigenvalue weighted by molar-refractivity contribution is 7.91.